The lowest BCUT2D eigenvalue weighted by Gasteiger charge is -2.06. The minimum Gasteiger partial charge on any atom is -0.394 e. The monoisotopic (exact) mass is 360 g/mol. The molecule has 0 radical (unpaired) electrons. The molecule has 0 spiro atoms. The lowest BCUT2D eigenvalue weighted by Crippen LogP contribution is -2.11. The molecule has 0 aliphatic rings. The summed E-state index contributed by atoms with van der Waals surface area (Å²) in [5, 5.41) is 8.46. The first-order valence-electron chi connectivity index (χ1n) is 6.32. The Bertz CT molecular complexity index is 122. The molecule has 1 N–H and O–H groups in total. The van der Waals surface area contributed by atoms with E-state index in [1.165, 1.54) is 23.7 Å². The minimum absolute atomic E-state index is 0.0701. The van der Waals surface area contributed by atoms with Gasteiger partial charge in [-0.05, 0) is 17.3 Å². The highest BCUT2D eigenvalue weighted by atomic mass is 127. The fraction of sp³-hybridized carbons (Fsp3) is 1.00. The highest BCUT2D eigenvalue weighted by Gasteiger charge is 1.92. The van der Waals surface area contributed by atoms with Gasteiger partial charge < -0.3 is 19.3 Å². The third kappa shape index (κ3) is 16.6. The standard InChI is InChI=1S/C12H25IO4/c13-5-3-1-2-4-7-15-9-11-17-12-10-16-8-6-14/h14H,1-12H2. The number of aliphatic hydroxyl groups is 1. The molecule has 0 bridgehead atoms. The van der Waals surface area contributed by atoms with Gasteiger partial charge >= 0.3 is 0 Å². The molecule has 0 aromatic heterocycles. The summed E-state index contributed by atoms with van der Waals surface area (Å²) >= 11 is 2.41. The average molecular weight is 360 g/mol. The number of halogens is 1. The first kappa shape index (κ1) is 17.6. The Morgan fingerprint density at radius 3 is 1.76 bits per heavy atom. The lowest BCUT2D eigenvalue weighted by atomic mass is 10.2. The second kappa shape index (κ2) is 16.6. The van der Waals surface area contributed by atoms with E-state index in [2.05, 4.69) is 22.6 Å². The summed E-state index contributed by atoms with van der Waals surface area (Å²) in [6.07, 6.45) is 5.04. The summed E-state index contributed by atoms with van der Waals surface area (Å²) in [6.45, 7) is 3.68. The average Bonchev–Trinajstić information content (AvgIpc) is 2.35. The molecule has 0 unspecified atom stereocenters. The summed E-state index contributed by atoms with van der Waals surface area (Å²) in [5.41, 5.74) is 0. The van der Waals surface area contributed by atoms with Gasteiger partial charge in [-0.1, -0.05) is 35.4 Å². The Kier molecular flexibility index (Phi) is 17.1. The molecule has 104 valence electrons. The molecular formula is C12H25IO4. The molecule has 17 heavy (non-hydrogen) atoms. The second-order valence-electron chi connectivity index (χ2n) is 3.66. The van der Waals surface area contributed by atoms with Crippen LogP contribution in [-0.4, -0.2) is 55.8 Å². The van der Waals surface area contributed by atoms with Crippen LogP contribution >= 0.6 is 22.6 Å². The lowest BCUT2D eigenvalue weighted by molar-refractivity contribution is 0.00721. The second-order valence-corrected chi connectivity index (χ2v) is 4.74. The van der Waals surface area contributed by atoms with Gasteiger partial charge in [-0.15, -0.1) is 0 Å². The van der Waals surface area contributed by atoms with Gasteiger partial charge in [0.25, 0.3) is 0 Å². The van der Waals surface area contributed by atoms with Crippen LogP contribution in [0.5, 0.6) is 0 Å². The van der Waals surface area contributed by atoms with Gasteiger partial charge in [0.1, 0.15) is 0 Å². The quantitative estimate of drug-likeness (QED) is 0.293. The van der Waals surface area contributed by atoms with E-state index in [4.69, 9.17) is 19.3 Å². The van der Waals surface area contributed by atoms with Crippen molar-refractivity contribution in [2.75, 3.05) is 50.7 Å². The number of unbranched alkanes of at least 4 members (excludes halogenated alkanes) is 3. The Hall–Kier alpha value is 0.570. The van der Waals surface area contributed by atoms with Crippen LogP contribution in [0.25, 0.3) is 0 Å². The van der Waals surface area contributed by atoms with Crippen molar-refractivity contribution in [2.24, 2.45) is 0 Å². The summed E-state index contributed by atoms with van der Waals surface area (Å²) in [4.78, 5) is 0. The molecule has 5 heteroatoms. The van der Waals surface area contributed by atoms with E-state index in [1.54, 1.807) is 0 Å². The Morgan fingerprint density at radius 1 is 0.647 bits per heavy atom. The SMILES string of the molecule is OCCOCCOCCOCCCCCCI. The maximum absolute atomic E-state index is 8.46. The van der Waals surface area contributed by atoms with Gasteiger partial charge in [0, 0.05) is 6.61 Å². The molecule has 0 aliphatic carbocycles. The zero-order valence-electron chi connectivity index (χ0n) is 10.5. The normalized spacial score (nSPS) is 10.9. The molecule has 0 amide bonds. The van der Waals surface area contributed by atoms with Crippen LogP contribution < -0.4 is 0 Å². The van der Waals surface area contributed by atoms with Crippen molar-refractivity contribution >= 4 is 22.6 Å². The predicted octanol–water partition coefficient (Wildman–Crippen LogP) is 2.02. The minimum atomic E-state index is 0.0701. The highest BCUT2D eigenvalue weighted by molar-refractivity contribution is 14.1. The van der Waals surface area contributed by atoms with Crippen LogP contribution in [0.1, 0.15) is 25.7 Å². The highest BCUT2D eigenvalue weighted by Crippen LogP contribution is 2.02. The van der Waals surface area contributed by atoms with Gasteiger partial charge in [0.2, 0.25) is 0 Å². The zero-order chi connectivity index (χ0) is 12.6. The van der Waals surface area contributed by atoms with Gasteiger partial charge in [0.15, 0.2) is 0 Å². The van der Waals surface area contributed by atoms with E-state index in [1.807, 2.05) is 0 Å². The number of hydrogen-bond donors (Lipinski definition) is 1. The van der Waals surface area contributed by atoms with Crippen LogP contribution in [0, 0.1) is 0 Å². The molecule has 0 fully saturated rings. The van der Waals surface area contributed by atoms with E-state index in [0.29, 0.717) is 33.0 Å². The molecule has 0 aliphatic heterocycles. The maximum atomic E-state index is 8.46. The molecular weight excluding hydrogens is 335 g/mol. The summed E-state index contributed by atoms with van der Waals surface area (Å²) in [7, 11) is 0. The zero-order valence-corrected chi connectivity index (χ0v) is 12.7. The number of hydrogen-bond acceptors (Lipinski definition) is 4. The Balaban J connectivity index is 2.85. The summed E-state index contributed by atoms with van der Waals surface area (Å²) < 4.78 is 17.0. The fourth-order valence-corrected chi connectivity index (χ4v) is 1.80. The molecule has 0 heterocycles. The van der Waals surface area contributed by atoms with Crippen molar-refractivity contribution < 1.29 is 19.3 Å². The molecule has 0 aromatic carbocycles. The van der Waals surface area contributed by atoms with Crippen LogP contribution in [0.4, 0.5) is 0 Å². The van der Waals surface area contributed by atoms with E-state index < -0.39 is 0 Å². The van der Waals surface area contributed by atoms with Gasteiger partial charge in [-0.2, -0.15) is 0 Å². The first-order valence-corrected chi connectivity index (χ1v) is 7.84. The third-order valence-corrected chi connectivity index (χ3v) is 2.91. The fourth-order valence-electron chi connectivity index (χ4n) is 1.26. The molecule has 0 atom stereocenters. The van der Waals surface area contributed by atoms with Crippen LogP contribution in [-0.2, 0) is 14.2 Å². The van der Waals surface area contributed by atoms with Crippen molar-refractivity contribution in [3.63, 3.8) is 0 Å². The number of alkyl halides is 1. The van der Waals surface area contributed by atoms with Crippen molar-refractivity contribution in [3.05, 3.63) is 0 Å². The first-order chi connectivity index (χ1) is 8.41. The molecule has 0 saturated carbocycles. The van der Waals surface area contributed by atoms with E-state index >= 15 is 0 Å². The molecule has 0 rings (SSSR count). The van der Waals surface area contributed by atoms with Crippen LogP contribution in [0.2, 0.25) is 0 Å². The van der Waals surface area contributed by atoms with Crippen LogP contribution in [0.3, 0.4) is 0 Å². The maximum Gasteiger partial charge on any atom is 0.0701 e. The van der Waals surface area contributed by atoms with E-state index in [-0.39, 0.29) is 6.61 Å². The van der Waals surface area contributed by atoms with Crippen LogP contribution in [0.15, 0.2) is 0 Å². The third-order valence-electron chi connectivity index (χ3n) is 2.15. The van der Waals surface area contributed by atoms with Crippen molar-refractivity contribution in [3.8, 4) is 0 Å². The smallest absolute Gasteiger partial charge is 0.0701 e. The van der Waals surface area contributed by atoms with E-state index in [0.717, 1.165) is 13.0 Å². The number of ether oxygens (including phenoxy) is 3. The molecule has 0 aromatic rings. The predicted molar refractivity (Wildman–Crippen MR) is 76.9 cm³/mol. The van der Waals surface area contributed by atoms with Gasteiger partial charge in [-0.3, -0.25) is 0 Å². The molecule has 4 nitrogen and oxygen atoms in total. The van der Waals surface area contributed by atoms with Crippen molar-refractivity contribution in [2.45, 2.75) is 25.7 Å². The summed E-state index contributed by atoms with van der Waals surface area (Å²) in [5.74, 6) is 0. The topological polar surface area (TPSA) is 47.9 Å². The number of rotatable bonds is 14. The van der Waals surface area contributed by atoms with Crippen molar-refractivity contribution in [1.29, 1.82) is 0 Å². The Morgan fingerprint density at radius 2 is 1.18 bits per heavy atom. The van der Waals surface area contributed by atoms with Crippen molar-refractivity contribution in [1.82, 2.24) is 0 Å². The number of aliphatic hydroxyl groups excluding tert-OH is 1. The summed E-state index contributed by atoms with van der Waals surface area (Å²) in [6, 6.07) is 0. The van der Waals surface area contributed by atoms with E-state index in [9.17, 15) is 0 Å². The van der Waals surface area contributed by atoms with Gasteiger partial charge in [0.05, 0.1) is 39.6 Å². The Labute approximate surface area is 118 Å². The molecule has 0 saturated heterocycles. The van der Waals surface area contributed by atoms with Gasteiger partial charge in [-0.25, -0.2) is 0 Å². The largest absolute Gasteiger partial charge is 0.394 e.